The Hall–Kier alpha value is -0.750. The van der Waals surface area contributed by atoms with Crippen molar-refractivity contribution in [3.63, 3.8) is 0 Å². The van der Waals surface area contributed by atoms with Gasteiger partial charge in [-0.25, -0.2) is 0 Å². The van der Waals surface area contributed by atoms with Crippen LogP contribution in [0.4, 0.5) is 13.2 Å². The number of alkyl halides is 3. The number of benzene rings is 1. The molecule has 0 aliphatic carbocycles. The molecule has 0 aliphatic rings. The monoisotopic (exact) mass is 283 g/mol. The van der Waals surface area contributed by atoms with Crippen molar-refractivity contribution in [2.75, 3.05) is 7.11 Å². The second-order valence-electron chi connectivity index (χ2n) is 2.88. The molecular weight excluding hydrogens is 275 g/mol. The molecule has 2 N–H and O–H groups in total. The van der Waals surface area contributed by atoms with E-state index >= 15 is 0 Å². The molecule has 0 radical (unpaired) electrons. The molecule has 1 rings (SSSR count). The van der Waals surface area contributed by atoms with Crippen molar-refractivity contribution in [3.05, 3.63) is 28.2 Å². The van der Waals surface area contributed by atoms with Crippen LogP contribution in [0.25, 0.3) is 0 Å². The third kappa shape index (κ3) is 2.63. The van der Waals surface area contributed by atoms with Gasteiger partial charge in [-0.15, -0.1) is 0 Å². The van der Waals surface area contributed by atoms with Crippen LogP contribution < -0.4 is 10.5 Å². The minimum Gasteiger partial charge on any atom is -0.495 e. The van der Waals surface area contributed by atoms with Gasteiger partial charge in [-0.2, -0.15) is 13.2 Å². The van der Waals surface area contributed by atoms with Crippen molar-refractivity contribution in [1.82, 2.24) is 0 Å². The smallest absolute Gasteiger partial charge is 0.407 e. The quantitative estimate of drug-likeness (QED) is 0.906. The molecule has 2 nitrogen and oxygen atoms in total. The van der Waals surface area contributed by atoms with Gasteiger partial charge in [0.1, 0.15) is 11.8 Å². The lowest BCUT2D eigenvalue weighted by atomic mass is 10.1. The Morgan fingerprint density at radius 2 is 2.00 bits per heavy atom. The summed E-state index contributed by atoms with van der Waals surface area (Å²) in [6.45, 7) is 0. The number of para-hydroxylation sites is 1. The molecule has 0 amide bonds. The van der Waals surface area contributed by atoms with Crippen LogP contribution in [-0.2, 0) is 0 Å². The fourth-order valence-electron chi connectivity index (χ4n) is 1.16. The van der Waals surface area contributed by atoms with E-state index in [9.17, 15) is 13.2 Å². The summed E-state index contributed by atoms with van der Waals surface area (Å²) >= 11 is 3.09. The molecule has 15 heavy (non-hydrogen) atoms. The predicted molar refractivity (Wildman–Crippen MR) is 53.7 cm³/mol. The fourth-order valence-corrected chi connectivity index (χ4v) is 1.71. The minimum absolute atomic E-state index is 0.0839. The number of rotatable bonds is 2. The Bertz CT molecular complexity index is 354. The van der Waals surface area contributed by atoms with E-state index in [-0.39, 0.29) is 11.3 Å². The molecule has 1 atom stereocenters. The maximum atomic E-state index is 12.4. The molecule has 0 aliphatic heterocycles. The van der Waals surface area contributed by atoms with Gasteiger partial charge in [-0.05, 0) is 22.0 Å². The summed E-state index contributed by atoms with van der Waals surface area (Å²) in [4.78, 5) is 0. The lowest BCUT2D eigenvalue weighted by Crippen LogP contribution is -2.28. The Balaban J connectivity index is 3.20. The summed E-state index contributed by atoms with van der Waals surface area (Å²) in [6, 6.07) is 2.32. The predicted octanol–water partition coefficient (Wildman–Crippen LogP) is 3.02. The molecule has 6 heteroatoms. The largest absolute Gasteiger partial charge is 0.495 e. The Kier molecular flexibility index (Phi) is 3.62. The van der Waals surface area contributed by atoms with Gasteiger partial charge in [0.25, 0.3) is 0 Å². The molecule has 0 aromatic heterocycles. The highest BCUT2D eigenvalue weighted by atomic mass is 79.9. The molecule has 84 valence electrons. The van der Waals surface area contributed by atoms with E-state index < -0.39 is 12.2 Å². The zero-order chi connectivity index (χ0) is 11.6. The molecule has 1 aromatic rings. The van der Waals surface area contributed by atoms with Gasteiger partial charge in [-0.3, -0.25) is 0 Å². The first-order valence-corrected chi connectivity index (χ1v) is 4.82. The SMILES string of the molecule is COc1c(Br)cccc1C(N)C(F)(F)F. The average Bonchev–Trinajstić information content (AvgIpc) is 2.14. The van der Waals surface area contributed by atoms with Gasteiger partial charge in [0.2, 0.25) is 0 Å². The molecule has 0 heterocycles. The number of ether oxygens (including phenoxy) is 1. The van der Waals surface area contributed by atoms with Gasteiger partial charge < -0.3 is 10.5 Å². The lowest BCUT2D eigenvalue weighted by molar-refractivity contribution is -0.149. The van der Waals surface area contributed by atoms with Gasteiger partial charge in [0, 0.05) is 5.56 Å². The van der Waals surface area contributed by atoms with E-state index in [1.54, 1.807) is 6.07 Å². The second kappa shape index (κ2) is 4.40. The van der Waals surface area contributed by atoms with Gasteiger partial charge in [-0.1, -0.05) is 12.1 Å². The minimum atomic E-state index is -4.48. The van der Waals surface area contributed by atoms with Crippen LogP contribution >= 0.6 is 15.9 Å². The molecular formula is C9H9BrF3NO. The maximum absolute atomic E-state index is 12.4. The molecule has 0 bridgehead atoms. The highest BCUT2D eigenvalue weighted by Gasteiger charge is 2.39. The Morgan fingerprint density at radius 3 is 2.47 bits per heavy atom. The molecule has 0 saturated heterocycles. The van der Waals surface area contributed by atoms with Gasteiger partial charge in [0.05, 0.1) is 11.6 Å². The van der Waals surface area contributed by atoms with E-state index in [0.29, 0.717) is 4.47 Å². The highest BCUT2D eigenvalue weighted by Crippen LogP contribution is 2.38. The fraction of sp³-hybridized carbons (Fsp3) is 0.333. The molecule has 1 aromatic carbocycles. The lowest BCUT2D eigenvalue weighted by Gasteiger charge is -2.19. The summed E-state index contributed by atoms with van der Waals surface area (Å²) in [5.41, 5.74) is 5.01. The van der Waals surface area contributed by atoms with E-state index in [2.05, 4.69) is 15.9 Å². The second-order valence-corrected chi connectivity index (χ2v) is 3.74. The standard InChI is InChI=1S/C9H9BrF3NO/c1-15-7-5(3-2-4-6(7)10)8(14)9(11,12)13/h2-4,8H,14H2,1H3. The van der Waals surface area contributed by atoms with Crippen LogP contribution in [-0.4, -0.2) is 13.3 Å². The van der Waals surface area contributed by atoms with E-state index in [1.165, 1.54) is 19.2 Å². The van der Waals surface area contributed by atoms with Crippen LogP contribution in [0.15, 0.2) is 22.7 Å². The van der Waals surface area contributed by atoms with Crippen molar-refractivity contribution in [1.29, 1.82) is 0 Å². The molecule has 0 fully saturated rings. The zero-order valence-electron chi connectivity index (χ0n) is 7.81. The van der Waals surface area contributed by atoms with Crippen LogP contribution in [0.3, 0.4) is 0 Å². The number of hydrogen-bond donors (Lipinski definition) is 1. The van der Waals surface area contributed by atoms with Crippen LogP contribution in [0.5, 0.6) is 5.75 Å². The maximum Gasteiger partial charge on any atom is 0.407 e. The van der Waals surface area contributed by atoms with Crippen molar-refractivity contribution >= 4 is 15.9 Å². The average molecular weight is 284 g/mol. The number of nitrogens with two attached hydrogens (primary N) is 1. The Morgan fingerprint density at radius 1 is 1.40 bits per heavy atom. The normalized spacial score (nSPS) is 13.7. The third-order valence-electron chi connectivity index (χ3n) is 1.89. The molecule has 0 saturated carbocycles. The first kappa shape index (κ1) is 12.3. The van der Waals surface area contributed by atoms with E-state index in [1.807, 2.05) is 0 Å². The third-order valence-corrected chi connectivity index (χ3v) is 2.51. The van der Waals surface area contributed by atoms with Crippen molar-refractivity contribution < 1.29 is 17.9 Å². The van der Waals surface area contributed by atoms with Crippen LogP contribution in [0, 0.1) is 0 Å². The summed E-state index contributed by atoms with van der Waals surface area (Å²) < 4.78 is 42.5. The summed E-state index contributed by atoms with van der Waals surface area (Å²) in [7, 11) is 1.30. The molecule has 1 unspecified atom stereocenters. The van der Waals surface area contributed by atoms with Crippen molar-refractivity contribution in [3.8, 4) is 5.75 Å². The summed E-state index contributed by atoms with van der Waals surface area (Å²) in [5, 5.41) is 0. The van der Waals surface area contributed by atoms with Crippen LogP contribution in [0.1, 0.15) is 11.6 Å². The highest BCUT2D eigenvalue weighted by molar-refractivity contribution is 9.10. The summed E-state index contributed by atoms with van der Waals surface area (Å²) in [5.74, 6) is 0.113. The number of halogens is 4. The first-order chi connectivity index (χ1) is 6.88. The van der Waals surface area contributed by atoms with E-state index in [4.69, 9.17) is 10.5 Å². The van der Waals surface area contributed by atoms with Crippen molar-refractivity contribution in [2.45, 2.75) is 12.2 Å². The van der Waals surface area contributed by atoms with Crippen molar-refractivity contribution in [2.24, 2.45) is 5.73 Å². The van der Waals surface area contributed by atoms with Gasteiger partial charge in [0.15, 0.2) is 0 Å². The Labute approximate surface area is 93.3 Å². The topological polar surface area (TPSA) is 35.2 Å². The van der Waals surface area contributed by atoms with Gasteiger partial charge >= 0.3 is 6.18 Å². The van der Waals surface area contributed by atoms with Crippen LogP contribution in [0.2, 0.25) is 0 Å². The number of methoxy groups -OCH3 is 1. The first-order valence-electron chi connectivity index (χ1n) is 4.02. The zero-order valence-corrected chi connectivity index (χ0v) is 9.39. The van der Waals surface area contributed by atoms with E-state index in [0.717, 1.165) is 0 Å². The summed E-state index contributed by atoms with van der Waals surface area (Å²) in [6.07, 6.45) is -4.48. The number of hydrogen-bond acceptors (Lipinski definition) is 2. The molecule has 0 spiro atoms.